The second-order valence-electron chi connectivity index (χ2n) is 5.85. The van der Waals surface area contributed by atoms with Gasteiger partial charge in [-0.2, -0.15) is 13.2 Å². The number of aromatic nitrogens is 1. The fraction of sp³-hybridized carbons (Fsp3) is 0.316. The topological polar surface area (TPSA) is 77.5 Å². The molecule has 0 bridgehead atoms. The van der Waals surface area contributed by atoms with E-state index in [1.165, 1.54) is 18.3 Å². The first-order valence-corrected chi connectivity index (χ1v) is 9.51. The molecule has 0 spiro atoms. The zero-order valence-corrected chi connectivity index (χ0v) is 16.3. The van der Waals surface area contributed by atoms with E-state index >= 15 is 0 Å². The van der Waals surface area contributed by atoms with E-state index in [2.05, 4.69) is 10.3 Å². The lowest BCUT2D eigenvalue weighted by Crippen LogP contribution is -2.32. The van der Waals surface area contributed by atoms with Crippen LogP contribution in [0.3, 0.4) is 0 Å². The number of nitrogens with one attached hydrogen (secondary N) is 1. The van der Waals surface area contributed by atoms with Gasteiger partial charge in [0.1, 0.15) is 17.4 Å². The largest absolute Gasteiger partial charge is 0.492 e. The molecule has 0 aliphatic rings. The van der Waals surface area contributed by atoms with E-state index < -0.39 is 30.4 Å². The lowest BCUT2D eigenvalue weighted by Gasteiger charge is -2.10. The Hall–Kier alpha value is -2.75. The standard InChI is InChI=1S/C19H19F3N2O4S/c1-13-4-2-5-14(10-13)27-9-8-23-16(25)11-28-18(26)15-6-3-7-24-17(15)29-12-19(20,21)22/h2-7,10H,8-9,11-12H2,1H3,(H,23,25). The molecule has 0 fully saturated rings. The van der Waals surface area contributed by atoms with Crippen molar-refractivity contribution in [2.45, 2.75) is 18.1 Å². The first-order valence-electron chi connectivity index (χ1n) is 8.52. The average molecular weight is 428 g/mol. The Morgan fingerprint density at radius 3 is 2.72 bits per heavy atom. The molecule has 1 aromatic carbocycles. The van der Waals surface area contributed by atoms with Crippen LogP contribution in [0.5, 0.6) is 5.75 Å². The van der Waals surface area contributed by atoms with Gasteiger partial charge in [-0.1, -0.05) is 23.9 Å². The number of carbonyl (C=O) groups is 2. The molecule has 0 aliphatic carbocycles. The number of esters is 1. The minimum atomic E-state index is -4.40. The summed E-state index contributed by atoms with van der Waals surface area (Å²) in [5.74, 6) is -1.99. The number of aryl methyl sites for hydroxylation is 1. The minimum absolute atomic E-state index is 0.109. The van der Waals surface area contributed by atoms with Crippen LogP contribution in [0.2, 0.25) is 0 Å². The van der Waals surface area contributed by atoms with Crippen molar-refractivity contribution < 1.29 is 32.2 Å². The van der Waals surface area contributed by atoms with Crippen molar-refractivity contribution in [3.8, 4) is 5.75 Å². The Balaban J connectivity index is 1.75. The van der Waals surface area contributed by atoms with Crippen LogP contribution in [-0.4, -0.2) is 48.5 Å². The van der Waals surface area contributed by atoms with Gasteiger partial charge in [0.25, 0.3) is 5.91 Å². The van der Waals surface area contributed by atoms with Crippen molar-refractivity contribution >= 4 is 23.6 Å². The first-order chi connectivity index (χ1) is 13.7. The Morgan fingerprint density at radius 2 is 2.00 bits per heavy atom. The number of hydrogen-bond acceptors (Lipinski definition) is 6. The molecular weight excluding hydrogens is 409 g/mol. The number of amides is 1. The van der Waals surface area contributed by atoms with E-state index in [0.29, 0.717) is 17.5 Å². The summed E-state index contributed by atoms with van der Waals surface area (Å²) in [5.41, 5.74) is 0.916. The van der Waals surface area contributed by atoms with Gasteiger partial charge in [0.2, 0.25) is 0 Å². The van der Waals surface area contributed by atoms with Crippen LogP contribution in [0.1, 0.15) is 15.9 Å². The SMILES string of the molecule is Cc1cccc(OCCNC(=O)COC(=O)c2cccnc2SCC(F)(F)F)c1. The van der Waals surface area contributed by atoms with Gasteiger partial charge >= 0.3 is 12.1 Å². The van der Waals surface area contributed by atoms with Crippen LogP contribution in [0.15, 0.2) is 47.6 Å². The number of alkyl halides is 3. The van der Waals surface area contributed by atoms with Crippen LogP contribution in [0.25, 0.3) is 0 Å². The third-order valence-electron chi connectivity index (χ3n) is 3.38. The maximum absolute atomic E-state index is 12.4. The third-order valence-corrected chi connectivity index (χ3v) is 4.45. The highest BCUT2D eigenvalue weighted by molar-refractivity contribution is 7.99. The zero-order chi connectivity index (χ0) is 21.3. The highest BCUT2D eigenvalue weighted by Crippen LogP contribution is 2.28. The summed E-state index contributed by atoms with van der Waals surface area (Å²) >= 11 is 0.378. The fourth-order valence-electron chi connectivity index (χ4n) is 2.14. The summed E-state index contributed by atoms with van der Waals surface area (Å²) in [7, 11) is 0. The molecule has 0 atom stereocenters. The van der Waals surface area contributed by atoms with Crippen molar-refractivity contribution in [1.82, 2.24) is 10.3 Å². The molecule has 0 saturated heterocycles. The van der Waals surface area contributed by atoms with E-state index in [1.807, 2.05) is 25.1 Å². The molecule has 6 nitrogen and oxygen atoms in total. The Bertz CT molecular complexity index is 846. The van der Waals surface area contributed by atoms with Crippen molar-refractivity contribution in [3.05, 3.63) is 53.7 Å². The number of hydrogen-bond donors (Lipinski definition) is 1. The molecule has 0 aliphatic heterocycles. The van der Waals surface area contributed by atoms with E-state index in [0.717, 1.165) is 5.56 Å². The van der Waals surface area contributed by atoms with Crippen LogP contribution in [0.4, 0.5) is 13.2 Å². The average Bonchev–Trinajstić information content (AvgIpc) is 2.67. The molecule has 0 saturated carbocycles. The van der Waals surface area contributed by atoms with E-state index in [1.54, 1.807) is 6.07 Å². The molecular formula is C19H19F3N2O4S. The Morgan fingerprint density at radius 1 is 1.21 bits per heavy atom. The monoisotopic (exact) mass is 428 g/mol. The summed E-state index contributed by atoms with van der Waals surface area (Å²) in [6, 6.07) is 10.1. The number of carbonyl (C=O) groups excluding carboxylic acids is 2. The molecule has 29 heavy (non-hydrogen) atoms. The molecule has 1 heterocycles. The van der Waals surface area contributed by atoms with Gasteiger partial charge in [-0.25, -0.2) is 9.78 Å². The third kappa shape index (κ3) is 8.43. The maximum Gasteiger partial charge on any atom is 0.398 e. The summed E-state index contributed by atoms with van der Waals surface area (Å²) in [6.07, 6.45) is -3.12. The predicted molar refractivity (Wildman–Crippen MR) is 101 cm³/mol. The van der Waals surface area contributed by atoms with Crippen LogP contribution < -0.4 is 10.1 Å². The highest BCUT2D eigenvalue weighted by atomic mass is 32.2. The highest BCUT2D eigenvalue weighted by Gasteiger charge is 2.29. The van der Waals surface area contributed by atoms with Gasteiger partial charge in [-0.15, -0.1) is 0 Å². The van der Waals surface area contributed by atoms with Crippen LogP contribution in [-0.2, 0) is 9.53 Å². The van der Waals surface area contributed by atoms with Gasteiger partial charge in [-0.3, -0.25) is 4.79 Å². The van der Waals surface area contributed by atoms with Gasteiger partial charge < -0.3 is 14.8 Å². The predicted octanol–water partition coefficient (Wildman–Crippen LogP) is 3.40. The summed E-state index contributed by atoms with van der Waals surface area (Å²) < 4.78 is 47.5. The number of pyridine rings is 1. The molecule has 2 rings (SSSR count). The number of halogens is 3. The number of nitrogens with zero attached hydrogens (tertiary/aromatic N) is 1. The fourth-order valence-corrected chi connectivity index (χ4v) is 2.88. The summed E-state index contributed by atoms with van der Waals surface area (Å²) in [4.78, 5) is 27.6. The lowest BCUT2D eigenvalue weighted by molar-refractivity contribution is -0.124. The van der Waals surface area contributed by atoms with Gasteiger partial charge in [0.15, 0.2) is 6.61 Å². The summed E-state index contributed by atoms with van der Waals surface area (Å²) in [6.45, 7) is 1.79. The maximum atomic E-state index is 12.4. The molecule has 1 N–H and O–H groups in total. The van der Waals surface area contributed by atoms with Gasteiger partial charge in [0, 0.05) is 6.20 Å². The first kappa shape index (κ1) is 22.5. The quantitative estimate of drug-likeness (QED) is 0.375. The molecule has 0 unspecified atom stereocenters. The van der Waals surface area contributed by atoms with Gasteiger partial charge in [-0.05, 0) is 36.8 Å². The summed E-state index contributed by atoms with van der Waals surface area (Å²) in [5, 5.41) is 2.41. The Labute approximate surface area is 169 Å². The van der Waals surface area contributed by atoms with Crippen molar-refractivity contribution in [3.63, 3.8) is 0 Å². The second kappa shape index (κ2) is 10.7. The number of rotatable bonds is 9. The molecule has 1 amide bonds. The lowest BCUT2D eigenvalue weighted by atomic mass is 10.2. The van der Waals surface area contributed by atoms with E-state index in [4.69, 9.17) is 9.47 Å². The molecule has 1 aromatic heterocycles. The molecule has 156 valence electrons. The van der Waals surface area contributed by atoms with Crippen molar-refractivity contribution in [2.24, 2.45) is 0 Å². The van der Waals surface area contributed by atoms with E-state index in [9.17, 15) is 22.8 Å². The zero-order valence-electron chi connectivity index (χ0n) is 15.5. The normalized spacial score (nSPS) is 11.0. The molecule has 10 heteroatoms. The van der Waals surface area contributed by atoms with Gasteiger partial charge in [0.05, 0.1) is 17.9 Å². The van der Waals surface area contributed by atoms with E-state index in [-0.39, 0.29) is 23.7 Å². The number of thioether (sulfide) groups is 1. The van der Waals surface area contributed by atoms with Crippen LogP contribution in [0, 0.1) is 6.92 Å². The Kier molecular flexibility index (Phi) is 8.32. The second-order valence-corrected chi connectivity index (χ2v) is 6.82. The number of ether oxygens (including phenoxy) is 2. The smallest absolute Gasteiger partial charge is 0.398 e. The van der Waals surface area contributed by atoms with Crippen molar-refractivity contribution in [2.75, 3.05) is 25.5 Å². The van der Waals surface area contributed by atoms with Crippen molar-refractivity contribution in [1.29, 1.82) is 0 Å². The molecule has 0 radical (unpaired) electrons. The minimum Gasteiger partial charge on any atom is -0.492 e. The number of benzene rings is 1. The molecule has 2 aromatic rings. The van der Waals surface area contributed by atoms with Crippen LogP contribution >= 0.6 is 11.8 Å².